The molecule has 2 amide bonds. The van der Waals surface area contributed by atoms with Gasteiger partial charge in [-0.15, -0.1) is 0 Å². The van der Waals surface area contributed by atoms with Gasteiger partial charge in [-0.3, -0.25) is 14.5 Å². The van der Waals surface area contributed by atoms with Crippen LogP contribution in [-0.2, 0) is 6.42 Å². The molecule has 0 spiro atoms. The predicted molar refractivity (Wildman–Crippen MR) is 144 cm³/mol. The Hall–Kier alpha value is -2.15. The third-order valence-corrected chi connectivity index (χ3v) is 9.33. The van der Waals surface area contributed by atoms with Crippen molar-refractivity contribution in [2.45, 2.75) is 46.1 Å². The molecule has 0 saturated heterocycles. The Kier molecular flexibility index (Phi) is 6.35. The minimum Gasteiger partial charge on any atom is -0.359 e. The van der Waals surface area contributed by atoms with Crippen molar-refractivity contribution in [3.63, 3.8) is 0 Å². The van der Waals surface area contributed by atoms with Crippen LogP contribution in [-0.4, -0.2) is 34.4 Å². The van der Waals surface area contributed by atoms with E-state index < -0.39 is 0 Å². The summed E-state index contributed by atoms with van der Waals surface area (Å²) in [4.78, 5) is 27.2. The predicted octanol–water partition coefficient (Wildman–Crippen LogP) is 6.19. The molecule has 0 unspecified atom stereocenters. The molecule has 5 nitrogen and oxygen atoms in total. The average molecular weight is 531 g/mol. The number of imide groups is 1. The van der Waals surface area contributed by atoms with Crippen LogP contribution >= 0.6 is 35.4 Å². The largest absolute Gasteiger partial charge is 0.359 e. The highest BCUT2D eigenvalue weighted by Crippen LogP contribution is 2.61. The van der Waals surface area contributed by atoms with Crippen LogP contribution in [0.25, 0.3) is 0 Å². The summed E-state index contributed by atoms with van der Waals surface area (Å²) in [5.41, 5.74) is 2.75. The van der Waals surface area contributed by atoms with Gasteiger partial charge in [0.05, 0.1) is 11.1 Å². The lowest BCUT2D eigenvalue weighted by Gasteiger charge is -2.62. The van der Waals surface area contributed by atoms with Crippen LogP contribution < -0.4 is 10.6 Å². The third kappa shape index (κ3) is 4.34. The molecule has 3 saturated carbocycles. The van der Waals surface area contributed by atoms with Gasteiger partial charge in [-0.25, -0.2) is 0 Å². The van der Waals surface area contributed by atoms with Gasteiger partial charge in [0, 0.05) is 28.3 Å². The number of thiocarbonyl (C=S) groups is 1. The summed E-state index contributed by atoms with van der Waals surface area (Å²) < 4.78 is 0. The number of fused-ring (bicyclic) bond motifs is 3. The van der Waals surface area contributed by atoms with Crippen molar-refractivity contribution in [3.05, 3.63) is 63.1 Å². The molecule has 0 aromatic heterocycles. The number of amides is 2. The normalized spacial score (nSPS) is 26.3. The van der Waals surface area contributed by atoms with Gasteiger partial charge in [-0.05, 0) is 90.5 Å². The van der Waals surface area contributed by atoms with E-state index in [1.165, 1.54) is 11.3 Å². The molecule has 6 rings (SSSR count). The maximum Gasteiger partial charge on any atom is 0.261 e. The van der Waals surface area contributed by atoms with E-state index >= 15 is 0 Å². The van der Waals surface area contributed by atoms with Crippen molar-refractivity contribution in [1.82, 2.24) is 10.2 Å². The topological polar surface area (TPSA) is 61.4 Å². The lowest BCUT2D eigenvalue weighted by molar-refractivity contribution is -0.111. The zero-order chi connectivity index (χ0) is 25.1. The highest BCUT2D eigenvalue weighted by atomic mass is 35.5. The zero-order valence-electron chi connectivity index (χ0n) is 20.0. The van der Waals surface area contributed by atoms with E-state index in [4.69, 9.17) is 35.4 Å². The summed E-state index contributed by atoms with van der Waals surface area (Å²) in [6.45, 7) is 7.32. The number of hydrogen-bond donors (Lipinski definition) is 2. The monoisotopic (exact) mass is 529 g/mol. The zero-order valence-corrected chi connectivity index (χ0v) is 22.4. The second kappa shape index (κ2) is 9.06. The number of carbonyl (C=O) groups is 2. The molecule has 3 fully saturated rings. The maximum absolute atomic E-state index is 13.0. The number of nitrogens with zero attached hydrogens (tertiary/aromatic N) is 1. The van der Waals surface area contributed by atoms with Gasteiger partial charge >= 0.3 is 0 Å². The first kappa shape index (κ1) is 24.5. The molecular formula is C27H29Cl2N3O2S. The van der Waals surface area contributed by atoms with Gasteiger partial charge in [-0.1, -0.05) is 50.0 Å². The Balaban J connectivity index is 1.22. The highest BCUT2D eigenvalue weighted by Gasteiger charge is 2.56. The fourth-order valence-corrected chi connectivity index (χ4v) is 6.98. The summed E-state index contributed by atoms with van der Waals surface area (Å²) in [6.07, 6.45) is 2.89. The molecule has 2 aromatic carbocycles. The van der Waals surface area contributed by atoms with E-state index in [0.717, 1.165) is 23.8 Å². The Labute approximate surface area is 221 Å². The number of rotatable bonds is 5. The van der Waals surface area contributed by atoms with Crippen LogP contribution in [0.2, 0.25) is 10.0 Å². The van der Waals surface area contributed by atoms with Crippen LogP contribution in [0.5, 0.6) is 0 Å². The lowest BCUT2D eigenvalue weighted by Crippen LogP contribution is -2.61. The standard InChI is InChI=1S/C27H29Cl2N3O2S/c1-14-21-10-16(27(21,2)3)11-23(14)31-26(35)30-18-6-7-19-20(13-18)25(34)32(24(19)33)9-8-15-4-5-17(28)12-22(15)29/h4-7,12-14,16,21,23H,8-11H2,1-3H3,(H2,30,31,35)/t14-,16+,21+,23+/m1/s1. The van der Waals surface area contributed by atoms with Crippen molar-refractivity contribution < 1.29 is 9.59 Å². The molecule has 1 aliphatic heterocycles. The van der Waals surface area contributed by atoms with Gasteiger partial charge in [0.2, 0.25) is 0 Å². The molecule has 8 heteroatoms. The second-order valence-corrected chi connectivity index (χ2v) is 11.9. The van der Waals surface area contributed by atoms with E-state index in [0.29, 0.717) is 55.8 Å². The Morgan fingerprint density at radius 2 is 1.83 bits per heavy atom. The van der Waals surface area contributed by atoms with Crippen molar-refractivity contribution in [1.29, 1.82) is 0 Å². The van der Waals surface area contributed by atoms with Crippen LogP contribution in [0.4, 0.5) is 5.69 Å². The Bertz CT molecular complexity index is 1230. The summed E-state index contributed by atoms with van der Waals surface area (Å²) in [5, 5.41) is 8.33. The average Bonchev–Trinajstić information content (AvgIpc) is 3.03. The Morgan fingerprint density at radius 1 is 1.09 bits per heavy atom. The minimum absolute atomic E-state index is 0.245. The van der Waals surface area contributed by atoms with E-state index in [1.54, 1.807) is 30.3 Å². The van der Waals surface area contributed by atoms with Gasteiger partial charge in [-0.2, -0.15) is 0 Å². The van der Waals surface area contributed by atoms with E-state index in [2.05, 4.69) is 31.4 Å². The van der Waals surface area contributed by atoms with Crippen molar-refractivity contribution in [2.24, 2.45) is 23.2 Å². The fraction of sp³-hybridized carbons (Fsp3) is 0.444. The summed E-state index contributed by atoms with van der Waals surface area (Å²) in [5.74, 6) is 1.41. The number of nitrogens with one attached hydrogen (secondary N) is 2. The first-order chi connectivity index (χ1) is 16.6. The van der Waals surface area contributed by atoms with Crippen LogP contribution in [0.3, 0.4) is 0 Å². The quantitative estimate of drug-likeness (QED) is 0.357. The van der Waals surface area contributed by atoms with Crippen LogP contribution in [0, 0.1) is 23.2 Å². The molecule has 2 aromatic rings. The number of benzene rings is 2. The second-order valence-electron chi connectivity index (χ2n) is 10.7. The first-order valence-corrected chi connectivity index (χ1v) is 13.2. The summed E-state index contributed by atoms with van der Waals surface area (Å²) in [7, 11) is 0. The molecular weight excluding hydrogens is 501 g/mol. The molecule has 2 N–H and O–H groups in total. The summed E-state index contributed by atoms with van der Waals surface area (Å²) in [6, 6.07) is 10.8. The van der Waals surface area contributed by atoms with Crippen LogP contribution in [0.15, 0.2) is 36.4 Å². The molecule has 0 radical (unpaired) electrons. The SMILES string of the molecule is C[C@H]1[C@@H](NC(=S)Nc2ccc3c(c2)C(=O)N(CCc2ccc(Cl)cc2Cl)C3=O)C[C@@H]2C[C@@H]1C2(C)C. The molecule has 2 bridgehead atoms. The highest BCUT2D eigenvalue weighted by molar-refractivity contribution is 7.80. The fourth-order valence-electron chi connectivity index (χ4n) is 6.20. The number of halogens is 2. The van der Waals surface area contributed by atoms with Crippen molar-refractivity contribution >= 4 is 58.0 Å². The minimum atomic E-state index is -0.305. The number of hydrogen-bond acceptors (Lipinski definition) is 3. The summed E-state index contributed by atoms with van der Waals surface area (Å²) >= 11 is 17.8. The molecule has 4 aliphatic rings. The molecule has 3 aliphatic carbocycles. The van der Waals surface area contributed by atoms with Gasteiger partial charge in [0.25, 0.3) is 11.8 Å². The third-order valence-electron chi connectivity index (χ3n) is 8.52. The van der Waals surface area contributed by atoms with Crippen molar-refractivity contribution in [2.75, 3.05) is 11.9 Å². The lowest BCUT2D eigenvalue weighted by atomic mass is 9.45. The molecule has 184 valence electrons. The number of carbonyl (C=O) groups excluding carboxylic acids is 2. The van der Waals surface area contributed by atoms with E-state index in [-0.39, 0.29) is 18.4 Å². The van der Waals surface area contributed by atoms with Gasteiger partial charge in [0.15, 0.2) is 5.11 Å². The molecule has 35 heavy (non-hydrogen) atoms. The Morgan fingerprint density at radius 3 is 2.51 bits per heavy atom. The van der Waals surface area contributed by atoms with Gasteiger partial charge in [0.1, 0.15) is 0 Å². The van der Waals surface area contributed by atoms with Crippen LogP contribution in [0.1, 0.15) is 59.9 Å². The molecule has 1 heterocycles. The first-order valence-electron chi connectivity index (χ1n) is 12.1. The number of anilines is 1. The van der Waals surface area contributed by atoms with E-state index in [9.17, 15) is 9.59 Å². The van der Waals surface area contributed by atoms with E-state index in [1.807, 2.05) is 6.07 Å². The smallest absolute Gasteiger partial charge is 0.261 e. The molecule has 4 atom stereocenters. The van der Waals surface area contributed by atoms with Gasteiger partial charge < -0.3 is 10.6 Å². The van der Waals surface area contributed by atoms with Crippen molar-refractivity contribution in [3.8, 4) is 0 Å². The maximum atomic E-state index is 13.0.